The Morgan fingerprint density at radius 2 is 2.00 bits per heavy atom. The van der Waals surface area contributed by atoms with Crippen molar-refractivity contribution in [2.45, 2.75) is 0 Å². The van der Waals surface area contributed by atoms with Crippen LogP contribution in [0.25, 0.3) is 0 Å². The fourth-order valence-corrected chi connectivity index (χ4v) is 1.64. The van der Waals surface area contributed by atoms with Crippen molar-refractivity contribution in [1.82, 2.24) is 0 Å². The summed E-state index contributed by atoms with van der Waals surface area (Å²) >= 11 is 0. The van der Waals surface area contributed by atoms with Gasteiger partial charge in [-0.25, -0.2) is 8.96 Å². The van der Waals surface area contributed by atoms with E-state index in [9.17, 15) is 8.96 Å². The van der Waals surface area contributed by atoms with Crippen LogP contribution in [0.15, 0.2) is 42.5 Å². The highest BCUT2D eigenvalue weighted by Gasteiger charge is 2.20. The van der Waals surface area contributed by atoms with Crippen LogP contribution in [-0.2, 0) is 9.09 Å². The fraction of sp³-hybridized carbons (Fsp3) is 0.111. The first-order chi connectivity index (χ1) is 6.70. The van der Waals surface area contributed by atoms with Gasteiger partial charge in [0, 0.05) is 7.11 Å². The third-order valence-electron chi connectivity index (χ3n) is 1.47. The molecule has 14 heavy (non-hydrogen) atoms. The van der Waals surface area contributed by atoms with Crippen molar-refractivity contribution in [2.75, 3.05) is 7.11 Å². The van der Waals surface area contributed by atoms with Crippen LogP contribution in [0.1, 0.15) is 0 Å². The predicted octanol–water partition coefficient (Wildman–Crippen LogP) is 3.35. The predicted molar refractivity (Wildman–Crippen MR) is 51.9 cm³/mol. The zero-order valence-corrected chi connectivity index (χ0v) is 8.49. The number of halogens is 1. The minimum Gasteiger partial charge on any atom is -0.422 e. The zero-order valence-electron chi connectivity index (χ0n) is 7.59. The molecular weight excluding hydrogens is 206 g/mol. The van der Waals surface area contributed by atoms with Crippen molar-refractivity contribution < 1.29 is 18.0 Å². The van der Waals surface area contributed by atoms with Gasteiger partial charge in [-0.2, -0.15) is 0 Å². The fourth-order valence-electron chi connectivity index (χ4n) is 0.826. The van der Waals surface area contributed by atoms with E-state index in [0.29, 0.717) is 5.75 Å². The Kier molecular flexibility index (Phi) is 3.86. The third-order valence-corrected chi connectivity index (χ3v) is 2.92. The molecule has 3 nitrogen and oxygen atoms in total. The van der Waals surface area contributed by atoms with Crippen LogP contribution >= 0.6 is 7.60 Å². The van der Waals surface area contributed by atoms with Gasteiger partial charge in [0.1, 0.15) is 5.75 Å². The second-order valence-corrected chi connectivity index (χ2v) is 4.33. The summed E-state index contributed by atoms with van der Waals surface area (Å²) in [5, 5.41) is 0. The van der Waals surface area contributed by atoms with E-state index in [4.69, 9.17) is 4.52 Å². The Bertz CT molecular complexity index is 350. The lowest BCUT2D eigenvalue weighted by Gasteiger charge is -2.12. The molecule has 0 bridgehead atoms. The van der Waals surface area contributed by atoms with Crippen LogP contribution in [-0.4, -0.2) is 7.11 Å². The van der Waals surface area contributed by atoms with Crippen LogP contribution in [0.5, 0.6) is 5.75 Å². The van der Waals surface area contributed by atoms with Gasteiger partial charge in [0.2, 0.25) is 0 Å². The van der Waals surface area contributed by atoms with E-state index in [1.165, 1.54) is 7.11 Å². The molecule has 0 aliphatic rings. The van der Waals surface area contributed by atoms with Gasteiger partial charge in [0.25, 0.3) is 0 Å². The van der Waals surface area contributed by atoms with Gasteiger partial charge in [0.15, 0.2) is 0 Å². The first kappa shape index (κ1) is 11.0. The molecule has 1 unspecified atom stereocenters. The molecule has 5 heteroatoms. The summed E-state index contributed by atoms with van der Waals surface area (Å²) in [7, 11) is -2.28. The molecule has 1 atom stereocenters. The monoisotopic (exact) mass is 216 g/mol. The van der Waals surface area contributed by atoms with E-state index in [1.807, 2.05) is 0 Å². The topological polar surface area (TPSA) is 35.5 Å². The van der Waals surface area contributed by atoms with Gasteiger partial charge in [-0.1, -0.05) is 18.2 Å². The van der Waals surface area contributed by atoms with Crippen molar-refractivity contribution in [3.8, 4) is 5.75 Å². The largest absolute Gasteiger partial charge is 0.422 e. The van der Waals surface area contributed by atoms with Crippen molar-refractivity contribution in [3.63, 3.8) is 0 Å². The van der Waals surface area contributed by atoms with E-state index >= 15 is 0 Å². The van der Waals surface area contributed by atoms with Crippen LogP contribution in [0.4, 0.5) is 4.39 Å². The van der Waals surface area contributed by atoms with E-state index in [1.54, 1.807) is 30.3 Å². The van der Waals surface area contributed by atoms with Crippen molar-refractivity contribution >= 4 is 7.60 Å². The van der Waals surface area contributed by atoms with E-state index in [0.717, 1.165) is 5.82 Å². The summed E-state index contributed by atoms with van der Waals surface area (Å²) in [4.78, 5) is 0. The van der Waals surface area contributed by atoms with Gasteiger partial charge in [-0.3, -0.25) is 4.52 Å². The Labute approximate surface area is 81.7 Å². The SMILES string of the molecule is COP(=O)(C=CF)Oc1ccccc1. The highest BCUT2D eigenvalue weighted by molar-refractivity contribution is 7.57. The van der Waals surface area contributed by atoms with Crippen LogP contribution in [0.3, 0.4) is 0 Å². The minimum absolute atomic E-state index is 0.146. The van der Waals surface area contributed by atoms with E-state index in [2.05, 4.69) is 4.52 Å². The summed E-state index contributed by atoms with van der Waals surface area (Å²) in [5.41, 5.74) is 0. The minimum atomic E-state index is -3.48. The van der Waals surface area contributed by atoms with Crippen LogP contribution in [0.2, 0.25) is 0 Å². The van der Waals surface area contributed by atoms with E-state index in [-0.39, 0.29) is 6.33 Å². The van der Waals surface area contributed by atoms with Gasteiger partial charge in [0.05, 0.1) is 12.1 Å². The number of benzene rings is 1. The van der Waals surface area contributed by atoms with Crippen molar-refractivity contribution in [3.05, 3.63) is 42.5 Å². The molecule has 0 saturated carbocycles. The van der Waals surface area contributed by atoms with Crippen LogP contribution < -0.4 is 4.52 Å². The molecule has 0 fully saturated rings. The van der Waals surface area contributed by atoms with Crippen molar-refractivity contribution in [2.24, 2.45) is 0 Å². The molecular formula is C9H10FO3P. The van der Waals surface area contributed by atoms with Gasteiger partial charge in [-0.15, -0.1) is 0 Å². The molecule has 0 aliphatic heterocycles. The molecule has 0 amide bonds. The van der Waals surface area contributed by atoms with Gasteiger partial charge >= 0.3 is 7.60 Å². The molecule has 0 heterocycles. The molecule has 76 valence electrons. The van der Waals surface area contributed by atoms with Crippen molar-refractivity contribution in [1.29, 1.82) is 0 Å². The number of para-hydroxylation sites is 1. The molecule has 1 aromatic carbocycles. The Morgan fingerprint density at radius 1 is 1.36 bits per heavy atom. The molecule has 0 saturated heterocycles. The third kappa shape index (κ3) is 2.98. The summed E-state index contributed by atoms with van der Waals surface area (Å²) < 4.78 is 33.0. The smallest absolute Gasteiger partial charge is 0.405 e. The molecule has 0 aliphatic carbocycles. The Morgan fingerprint density at radius 3 is 2.50 bits per heavy atom. The molecule has 0 N–H and O–H groups in total. The molecule has 0 spiro atoms. The Balaban J connectivity index is 2.81. The zero-order chi connectivity index (χ0) is 10.4. The van der Waals surface area contributed by atoms with E-state index < -0.39 is 7.60 Å². The maximum Gasteiger partial charge on any atom is 0.405 e. The standard InChI is InChI=1S/C9H10FO3P/c1-12-14(11,8-7-10)13-9-5-3-2-4-6-9/h2-8H,1H3. The van der Waals surface area contributed by atoms with Gasteiger partial charge < -0.3 is 4.52 Å². The van der Waals surface area contributed by atoms with Crippen LogP contribution in [0, 0.1) is 0 Å². The first-order valence-corrected chi connectivity index (χ1v) is 5.49. The summed E-state index contributed by atoms with van der Waals surface area (Å²) in [6.07, 6.45) is 0.146. The average Bonchev–Trinajstić information content (AvgIpc) is 2.20. The molecule has 0 radical (unpaired) electrons. The first-order valence-electron chi connectivity index (χ1n) is 3.88. The lowest BCUT2D eigenvalue weighted by Crippen LogP contribution is -1.91. The molecule has 1 aromatic rings. The quantitative estimate of drug-likeness (QED) is 0.724. The average molecular weight is 216 g/mol. The maximum atomic E-state index is 11.9. The highest BCUT2D eigenvalue weighted by Crippen LogP contribution is 2.48. The number of hydrogen-bond donors (Lipinski definition) is 0. The summed E-state index contributed by atoms with van der Waals surface area (Å²) in [5.74, 6) is 1.13. The molecule has 0 aromatic heterocycles. The normalized spacial score (nSPS) is 15.3. The molecule has 1 rings (SSSR count). The van der Waals surface area contributed by atoms with Gasteiger partial charge in [-0.05, 0) is 12.1 Å². The maximum absolute atomic E-state index is 11.9. The second-order valence-electron chi connectivity index (χ2n) is 2.40. The second kappa shape index (κ2) is 4.94. The lowest BCUT2D eigenvalue weighted by molar-refractivity contribution is 0.332. The highest BCUT2D eigenvalue weighted by atomic mass is 31.2. The summed E-state index contributed by atoms with van der Waals surface area (Å²) in [6, 6.07) is 8.44. The number of rotatable bonds is 4. The summed E-state index contributed by atoms with van der Waals surface area (Å²) in [6.45, 7) is 0. The number of hydrogen-bond acceptors (Lipinski definition) is 3. The Hall–Kier alpha value is -1.12. The lowest BCUT2D eigenvalue weighted by atomic mass is 10.3.